The van der Waals surface area contributed by atoms with Gasteiger partial charge in [-0.25, -0.2) is 0 Å². The molecule has 0 aliphatic rings. The van der Waals surface area contributed by atoms with Crippen molar-refractivity contribution in [3.63, 3.8) is 0 Å². The van der Waals surface area contributed by atoms with Crippen molar-refractivity contribution in [1.82, 2.24) is 24.5 Å². The molecule has 0 spiro atoms. The van der Waals surface area contributed by atoms with E-state index in [9.17, 15) is 4.79 Å². The molecule has 0 bridgehead atoms. The Labute approximate surface area is 80.2 Å². The first-order chi connectivity index (χ1) is 6.74. The van der Waals surface area contributed by atoms with Crippen LogP contribution in [0.15, 0.2) is 17.2 Å². The molecular formula is C8H11N5O. The van der Waals surface area contributed by atoms with E-state index in [0.717, 1.165) is 5.82 Å². The molecule has 0 saturated carbocycles. The molecule has 6 heteroatoms. The largest absolute Gasteiger partial charge is 0.314 e. The van der Waals surface area contributed by atoms with Crippen LogP contribution in [0, 0.1) is 0 Å². The monoisotopic (exact) mass is 193 g/mol. The fraction of sp³-hybridized carbons (Fsp3) is 0.375. The number of hydrogen-bond donors (Lipinski definition) is 1. The second-order valence-corrected chi connectivity index (χ2v) is 3.05. The average molecular weight is 193 g/mol. The van der Waals surface area contributed by atoms with E-state index >= 15 is 0 Å². The summed E-state index contributed by atoms with van der Waals surface area (Å²) >= 11 is 0. The molecule has 74 valence electrons. The lowest BCUT2D eigenvalue weighted by atomic mass is 10.5. The molecule has 14 heavy (non-hydrogen) atoms. The van der Waals surface area contributed by atoms with Gasteiger partial charge >= 0.3 is 0 Å². The minimum atomic E-state index is -0.137. The van der Waals surface area contributed by atoms with Gasteiger partial charge in [-0.1, -0.05) is 0 Å². The number of hydrogen-bond acceptors (Lipinski definition) is 4. The van der Waals surface area contributed by atoms with E-state index in [1.165, 1.54) is 4.57 Å². The molecule has 2 aromatic heterocycles. The standard InChI is InChI=1S/C8H11N5O/c1-9-5-6-10-11-7-8(14)12(2)3-4-13(6)7/h3-4,9H,5H2,1-2H3. The third-order valence-electron chi connectivity index (χ3n) is 2.05. The molecular weight excluding hydrogens is 182 g/mol. The Morgan fingerprint density at radius 2 is 2.21 bits per heavy atom. The van der Waals surface area contributed by atoms with Gasteiger partial charge in [-0.15, -0.1) is 10.2 Å². The number of nitrogens with one attached hydrogen (secondary N) is 1. The van der Waals surface area contributed by atoms with Crippen molar-refractivity contribution in [3.05, 3.63) is 28.6 Å². The summed E-state index contributed by atoms with van der Waals surface area (Å²) in [4.78, 5) is 11.6. The van der Waals surface area contributed by atoms with Crippen LogP contribution < -0.4 is 10.9 Å². The molecule has 0 radical (unpaired) electrons. The summed E-state index contributed by atoms with van der Waals surface area (Å²) in [5, 5.41) is 10.7. The zero-order valence-electron chi connectivity index (χ0n) is 8.06. The van der Waals surface area contributed by atoms with Crippen molar-refractivity contribution in [2.45, 2.75) is 6.54 Å². The predicted molar refractivity (Wildman–Crippen MR) is 51.0 cm³/mol. The molecule has 2 heterocycles. The maximum atomic E-state index is 11.6. The molecule has 0 aliphatic heterocycles. The molecule has 6 nitrogen and oxygen atoms in total. The Balaban J connectivity index is 2.71. The number of rotatable bonds is 2. The van der Waals surface area contributed by atoms with E-state index in [4.69, 9.17) is 0 Å². The zero-order chi connectivity index (χ0) is 10.1. The number of aryl methyl sites for hydroxylation is 1. The van der Waals surface area contributed by atoms with Crippen molar-refractivity contribution in [1.29, 1.82) is 0 Å². The number of aromatic nitrogens is 4. The van der Waals surface area contributed by atoms with E-state index in [-0.39, 0.29) is 5.56 Å². The smallest absolute Gasteiger partial charge is 0.295 e. The molecule has 2 aromatic rings. The number of fused-ring (bicyclic) bond motifs is 1. The third-order valence-corrected chi connectivity index (χ3v) is 2.05. The van der Waals surface area contributed by atoms with Gasteiger partial charge < -0.3 is 9.88 Å². The van der Waals surface area contributed by atoms with Crippen LogP contribution >= 0.6 is 0 Å². The SMILES string of the molecule is CNCc1nnc2c(=O)n(C)ccn12. The van der Waals surface area contributed by atoms with Crippen LogP contribution in [0.3, 0.4) is 0 Å². The fourth-order valence-corrected chi connectivity index (χ4v) is 1.30. The molecule has 0 fully saturated rings. The van der Waals surface area contributed by atoms with Gasteiger partial charge in [0.25, 0.3) is 5.56 Å². The average Bonchev–Trinajstić information content (AvgIpc) is 2.57. The normalized spacial score (nSPS) is 11.0. The highest BCUT2D eigenvalue weighted by Gasteiger charge is 2.07. The summed E-state index contributed by atoms with van der Waals surface area (Å²) in [6.07, 6.45) is 3.47. The van der Waals surface area contributed by atoms with Crippen LogP contribution in [-0.4, -0.2) is 26.2 Å². The van der Waals surface area contributed by atoms with Crippen LogP contribution in [0.5, 0.6) is 0 Å². The van der Waals surface area contributed by atoms with Gasteiger partial charge in [-0.2, -0.15) is 0 Å². The van der Waals surface area contributed by atoms with Gasteiger partial charge in [0.15, 0.2) is 5.82 Å². The highest BCUT2D eigenvalue weighted by Crippen LogP contribution is 1.97. The van der Waals surface area contributed by atoms with E-state index in [1.54, 1.807) is 23.8 Å². The van der Waals surface area contributed by atoms with E-state index in [0.29, 0.717) is 12.2 Å². The summed E-state index contributed by atoms with van der Waals surface area (Å²) in [7, 11) is 3.51. The van der Waals surface area contributed by atoms with Crippen molar-refractivity contribution >= 4 is 5.65 Å². The van der Waals surface area contributed by atoms with E-state index in [1.807, 2.05) is 7.05 Å². The Kier molecular flexibility index (Phi) is 2.05. The van der Waals surface area contributed by atoms with Crippen LogP contribution in [-0.2, 0) is 13.6 Å². The lowest BCUT2D eigenvalue weighted by Crippen LogP contribution is -2.19. The maximum Gasteiger partial charge on any atom is 0.295 e. The molecule has 0 unspecified atom stereocenters. The minimum Gasteiger partial charge on any atom is -0.314 e. The molecule has 2 rings (SSSR count). The molecule has 0 atom stereocenters. The second-order valence-electron chi connectivity index (χ2n) is 3.05. The quantitative estimate of drug-likeness (QED) is 0.674. The van der Waals surface area contributed by atoms with E-state index < -0.39 is 0 Å². The Morgan fingerprint density at radius 1 is 1.43 bits per heavy atom. The van der Waals surface area contributed by atoms with Gasteiger partial charge in [-0.3, -0.25) is 9.20 Å². The van der Waals surface area contributed by atoms with Crippen molar-refractivity contribution in [2.75, 3.05) is 7.05 Å². The van der Waals surface area contributed by atoms with Crippen molar-refractivity contribution in [3.8, 4) is 0 Å². The van der Waals surface area contributed by atoms with Crippen molar-refractivity contribution in [2.24, 2.45) is 7.05 Å². The summed E-state index contributed by atoms with van der Waals surface area (Å²) in [5.41, 5.74) is 0.225. The summed E-state index contributed by atoms with van der Waals surface area (Å²) in [6.45, 7) is 0.592. The molecule has 0 aromatic carbocycles. The second kappa shape index (κ2) is 3.22. The number of nitrogens with zero attached hydrogens (tertiary/aromatic N) is 4. The minimum absolute atomic E-state index is 0.137. The zero-order valence-corrected chi connectivity index (χ0v) is 8.06. The lowest BCUT2D eigenvalue weighted by Gasteiger charge is -1.99. The van der Waals surface area contributed by atoms with Gasteiger partial charge in [-0.05, 0) is 7.05 Å². The topological polar surface area (TPSA) is 64.2 Å². The maximum absolute atomic E-state index is 11.6. The summed E-state index contributed by atoms with van der Waals surface area (Å²) in [6, 6.07) is 0. The predicted octanol–water partition coefficient (Wildman–Crippen LogP) is -0.853. The van der Waals surface area contributed by atoms with Crippen LogP contribution in [0.25, 0.3) is 5.65 Å². The van der Waals surface area contributed by atoms with Gasteiger partial charge in [0.05, 0.1) is 6.54 Å². The van der Waals surface area contributed by atoms with Crippen molar-refractivity contribution < 1.29 is 0 Å². The van der Waals surface area contributed by atoms with Crippen LogP contribution in [0.2, 0.25) is 0 Å². The van der Waals surface area contributed by atoms with Crippen LogP contribution in [0.4, 0.5) is 0 Å². The first-order valence-corrected chi connectivity index (χ1v) is 4.28. The Bertz CT molecular complexity index is 512. The van der Waals surface area contributed by atoms with Gasteiger partial charge in [0.1, 0.15) is 0 Å². The summed E-state index contributed by atoms with van der Waals surface area (Å²) < 4.78 is 3.17. The highest BCUT2D eigenvalue weighted by atomic mass is 16.1. The van der Waals surface area contributed by atoms with Crippen LogP contribution in [0.1, 0.15) is 5.82 Å². The summed E-state index contributed by atoms with van der Waals surface area (Å²) in [5.74, 6) is 0.736. The highest BCUT2D eigenvalue weighted by molar-refractivity contribution is 5.34. The fourth-order valence-electron chi connectivity index (χ4n) is 1.30. The van der Waals surface area contributed by atoms with Gasteiger partial charge in [0, 0.05) is 19.4 Å². The van der Waals surface area contributed by atoms with Gasteiger partial charge in [0.2, 0.25) is 5.65 Å². The molecule has 0 saturated heterocycles. The Hall–Kier alpha value is -1.69. The lowest BCUT2D eigenvalue weighted by molar-refractivity contribution is 0.742. The molecule has 0 amide bonds. The first kappa shape index (κ1) is 8.89. The Morgan fingerprint density at radius 3 is 2.93 bits per heavy atom. The molecule has 1 N–H and O–H groups in total. The first-order valence-electron chi connectivity index (χ1n) is 4.28. The molecule has 0 aliphatic carbocycles. The van der Waals surface area contributed by atoms with E-state index in [2.05, 4.69) is 15.5 Å². The third kappa shape index (κ3) is 1.20.